The predicted octanol–water partition coefficient (Wildman–Crippen LogP) is 1.16. The minimum absolute atomic E-state index is 0.104. The fourth-order valence-electron chi connectivity index (χ4n) is 2.42. The number of sulfone groups is 1. The van der Waals surface area contributed by atoms with E-state index in [0.29, 0.717) is 6.54 Å². The Labute approximate surface area is 96.6 Å². The molecule has 0 heterocycles. The summed E-state index contributed by atoms with van der Waals surface area (Å²) >= 11 is 0. The van der Waals surface area contributed by atoms with Gasteiger partial charge in [-0.15, -0.1) is 0 Å². The molecular formula is C12H17NO2S. The third-order valence-electron chi connectivity index (χ3n) is 3.37. The predicted molar refractivity (Wildman–Crippen MR) is 65.0 cm³/mol. The molecule has 0 bridgehead atoms. The number of hydrogen-bond donors (Lipinski definition) is 1. The Morgan fingerprint density at radius 3 is 2.38 bits per heavy atom. The zero-order valence-corrected chi connectivity index (χ0v) is 10.2. The fraction of sp³-hybridized carbons (Fsp3) is 0.500. The molecule has 1 aromatic carbocycles. The van der Waals surface area contributed by atoms with Crippen LogP contribution in [0.15, 0.2) is 30.3 Å². The Hall–Kier alpha value is -0.870. The Bertz CT molecular complexity index is 455. The monoisotopic (exact) mass is 239 g/mol. The van der Waals surface area contributed by atoms with Crippen LogP contribution in [0.2, 0.25) is 0 Å². The molecule has 1 aliphatic carbocycles. The molecular weight excluding hydrogens is 222 g/mol. The zero-order valence-electron chi connectivity index (χ0n) is 9.34. The van der Waals surface area contributed by atoms with E-state index in [4.69, 9.17) is 5.73 Å². The van der Waals surface area contributed by atoms with E-state index >= 15 is 0 Å². The van der Waals surface area contributed by atoms with Crippen molar-refractivity contribution < 1.29 is 8.42 Å². The van der Waals surface area contributed by atoms with Gasteiger partial charge in [0.15, 0.2) is 9.84 Å². The van der Waals surface area contributed by atoms with Crippen LogP contribution in [0.5, 0.6) is 0 Å². The van der Waals surface area contributed by atoms with Crippen LogP contribution in [0, 0.1) is 5.92 Å². The highest BCUT2D eigenvalue weighted by Gasteiger charge is 2.56. The Morgan fingerprint density at radius 1 is 1.25 bits per heavy atom. The van der Waals surface area contributed by atoms with Gasteiger partial charge in [-0.3, -0.25) is 0 Å². The van der Waals surface area contributed by atoms with Crippen molar-refractivity contribution in [2.24, 2.45) is 11.7 Å². The molecule has 88 valence electrons. The van der Waals surface area contributed by atoms with Gasteiger partial charge < -0.3 is 5.73 Å². The normalized spacial score (nSPS) is 29.0. The van der Waals surface area contributed by atoms with Crippen LogP contribution in [0.3, 0.4) is 0 Å². The van der Waals surface area contributed by atoms with Gasteiger partial charge in [0, 0.05) is 11.7 Å². The maximum atomic E-state index is 11.9. The molecule has 0 amide bonds. The first-order chi connectivity index (χ1) is 7.61. The lowest BCUT2D eigenvalue weighted by atomic mass is 10.1. The van der Waals surface area contributed by atoms with Crippen LogP contribution in [-0.2, 0) is 9.84 Å². The lowest BCUT2D eigenvalue weighted by Crippen LogP contribution is -2.15. The molecule has 0 unspecified atom stereocenters. The quantitative estimate of drug-likeness (QED) is 0.857. The molecule has 3 nitrogen and oxygen atoms in total. The van der Waals surface area contributed by atoms with Crippen LogP contribution >= 0.6 is 0 Å². The maximum Gasteiger partial charge on any atom is 0.153 e. The van der Waals surface area contributed by atoms with E-state index in [0.717, 1.165) is 5.56 Å². The molecule has 0 aliphatic heterocycles. The highest BCUT2D eigenvalue weighted by atomic mass is 32.2. The molecule has 4 heteroatoms. The molecule has 3 atom stereocenters. The number of hydrogen-bond acceptors (Lipinski definition) is 3. The number of nitrogens with two attached hydrogens (primary N) is 1. The smallest absolute Gasteiger partial charge is 0.153 e. The first-order valence-corrected chi connectivity index (χ1v) is 7.30. The summed E-state index contributed by atoms with van der Waals surface area (Å²) in [6, 6.07) is 9.79. The maximum absolute atomic E-state index is 11.9. The number of rotatable bonds is 4. The van der Waals surface area contributed by atoms with Crippen molar-refractivity contribution in [1.29, 1.82) is 0 Å². The average molecular weight is 239 g/mol. The summed E-state index contributed by atoms with van der Waals surface area (Å²) in [5.41, 5.74) is 6.74. The van der Waals surface area contributed by atoms with E-state index in [1.54, 1.807) is 6.92 Å². The van der Waals surface area contributed by atoms with Crippen molar-refractivity contribution in [3.63, 3.8) is 0 Å². The molecule has 1 aliphatic rings. The van der Waals surface area contributed by atoms with Crippen molar-refractivity contribution in [3.05, 3.63) is 35.9 Å². The molecule has 0 saturated heterocycles. The van der Waals surface area contributed by atoms with Gasteiger partial charge in [-0.25, -0.2) is 8.42 Å². The lowest BCUT2D eigenvalue weighted by molar-refractivity contribution is 0.593. The van der Waals surface area contributed by atoms with Gasteiger partial charge in [0.05, 0.1) is 5.25 Å². The van der Waals surface area contributed by atoms with E-state index in [1.165, 1.54) is 0 Å². The first kappa shape index (κ1) is 11.6. The highest BCUT2D eigenvalue weighted by Crippen LogP contribution is 2.51. The van der Waals surface area contributed by atoms with Crippen molar-refractivity contribution >= 4 is 9.84 Å². The molecule has 0 aromatic heterocycles. The Balaban J connectivity index is 2.26. The van der Waals surface area contributed by atoms with Gasteiger partial charge in [0.25, 0.3) is 0 Å². The van der Waals surface area contributed by atoms with E-state index < -0.39 is 9.84 Å². The molecule has 0 radical (unpaired) electrons. The molecule has 1 saturated carbocycles. The van der Waals surface area contributed by atoms with Crippen LogP contribution in [0.4, 0.5) is 0 Å². The van der Waals surface area contributed by atoms with E-state index in [1.807, 2.05) is 30.3 Å². The second kappa shape index (κ2) is 4.18. The SMILES string of the molecule is CCS(=O)(=O)[C@H]1[C@@H](CN)[C@@H]1c1ccccc1. The summed E-state index contributed by atoms with van der Waals surface area (Å²) in [4.78, 5) is 0. The summed E-state index contributed by atoms with van der Waals surface area (Å²) in [5, 5.41) is -0.259. The molecule has 16 heavy (non-hydrogen) atoms. The van der Waals surface area contributed by atoms with Crippen molar-refractivity contribution in [2.45, 2.75) is 18.1 Å². The number of benzene rings is 1. The van der Waals surface area contributed by atoms with Gasteiger partial charge in [0.2, 0.25) is 0 Å². The van der Waals surface area contributed by atoms with Crippen molar-refractivity contribution in [2.75, 3.05) is 12.3 Å². The second-order valence-electron chi connectivity index (χ2n) is 4.25. The average Bonchev–Trinajstić information content (AvgIpc) is 3.05. The summed E-state index contributed by atoms with van der Waals surface area (Å²) in [6.07, 6.45) is 0. The van der Waals surface area contributed by atoms with Gasteiger partial charge in [0.1, 0.15) is 0 Å². The van der Waals surface area contributed by atoms with Crippen molar-refractivity contribution in [1.82, 2.24) is 0 Å². The topological polar surface area (TPSA) is 60.2 Å². The molecule has 1 aromatic rings. The van der Waals surface area contributed by atoms with E-state index in [-0.39, 0.29) is 22.8 Å². The molecule has 2 rings (SSSR count). The highest BCUT2D eigenvalue weighted by molar-refractivity contribution is 7.92. The fourth-order valence-corrected chi connectivity index (χ4v) is 4.33. The van der Waals surface area contributed by atoms with Gasteiger partial charge in [-0.2, -0.15) is 0 Å². The third-order valence-corrected chi connectivity index (χ3v) is 5.65. The van der Waals surface area contributed by atoms with Crippen LogP contribution < -0.4 is 5.73 Å². The molecule has 2 N–H and O–H groups in total. The Kier molecular flexibility index (Phi) is 3.04. The van der Waals surface area contributed by atoms with Gasteiger partial charge in [-0.1, -0.05) is 37.3 Å². The molecule has 0 spiro atoms. The summed E-state index contributed by atoms with van der Waals surface area (Å²) < 4.78 is 23.7. The third kappa shape index (κ3) is 1.87. The lowest BCUT2D eigenvalue weighted by Gasteiger charge is -2.00. The van der Waals surface area contributed by atoms with Crippen LogP contribution in [0.25, 0.3) is 0 Å². The zero-order chi connectivity index (χ0) is 11.8. The Morgan fingerprint density at radius 2 is 1.88 bits per heavy atom. The van der Waals surface area contributed by atoms with E-state index in [2.05, 4.69) is 0 Å². The first-order valence-electron chi connectivity index (χ1n) is 5.58. The van der Waals surface area contributed by atoms with Crippen LogP contribution in [0.1, 0.15) is 18.4 Å². The van der Waals surface area contributed by atoms with Gasteiger partial charge >= 0.3 is 0 Å². The van der Waals surface area contributed by atoms with Crippen molar-refractivity contribution in [3.8, 4) is 0 Å². The standard InChI is InChI=1S/C12H17NO2S/c1-2-16(14,15)12-10(8-13)11(12)9-6-4-3-5-7-9/h3-7,10-12H,2,8,13H2,1H3/t10-,11-,12-/m0/s1. The summed E-state index contributed by atoms with van der Waals surface area (Å²) in [7, 11) is -2.96. The summed E-state index contributed by atoms with van der Waals surface area (Å²) in [5.74, 6) is 0.417. The van der Waals surface area contributed by atoms with Gasteiger partial charge in [-0.05, 0) is 18.0 Å². The van der Waals surface area contributed by atoms with Crippen LogP contribution in [-0.4, -0.2) is 26.0 Å². The second-order valence-corrected chi connectivity index (χ2v) is 6.70. The largest absolute Gasteiger partial charge is 0.330 e. The minimum atomic E-state index is -2.96. The molecule has 1 fully saturated rings. The minimum Gasteiger partial charge on any atom is -0.330 e. The van der Waals surface area contributed by atoms with E-state index in [9.17, 15) is 8.42 Å². The summed E-state index contributed by atoms with van der Waals surface area (Å²) in [6.45, 7) is 2.15.